The van der Waals surface area contributed by atoms with Crippen LogP contribution in [0, 0.1) is 13.8 Å². The number of hydrogen-bond donors (Lipinski definition) is 1. The lowest BCUT2D eigenvalue weighted by molar-refractivity contribution is 0.645. The molecule has 82 valence electrons. The topological polar surface area (TPSA) is 26.0 Å². The van der Waals surface area contributed by atoms with E-state index in [4.69, 9.17) is 5.73 Å². The van der Waals surface area contributed by atoms with Gasteiger partial charge in [-0.15, -0.1) is 0 Å². The van der Waals surface area contributed by atoms with E-state index in [9.17, 15) is 0 Å². The van der Waals surface area contributed by atoms with E-state index in [-0.39, 0.29) is 6.04 Å². The molecule has 2 atom stereocenters. The Bertz CT molecular complexity index is 342. The van der Waals surface area contributed by atoms with Gasteiger partial charge in [0.2, 0.25) is 0 Å². The van der Waals surface area contributed by atoms with Gasteiger partial charge < -0.3 is 5.73 Å². The highest BCUT2D eigenvalue weighted by Gasteiger charge is 2.23. The van der Waals surface area contributed by atoms with E-state index in [0.717, 1.165) is 0 Å². The van der Waals surface area contributed by atoms with Gasteiger partial charge in [0.1, 0.15) is 0 Å². The molecule has 0 bridgehead atoms. The quantitative estimate of drug-likeness (QED) is 0.830. The molecular weight excluding hydrogens is 202 g/mol. The van der Waals surface area contributed by atoms with Crippen molar-refractivity contribution in [2.45, 2.75) is 38.0 Å². The Kier molecular flexibility index (Phi) is 3.37. The maximum atomic E-state index is 6.30. The third-order valence-corrected chi connectivity index (χ3v) is 4.76. The van der Waals surface area contributed by atoms with Gasteiger partial charge in [0, 0.05) is 11.3 Å². The second-order valence-electron chi connectivity index (χ2n) is 4.42. The van der Waals surface area contributed by atoms with Crippen molar-refractivity contribution in [2.75, 3.05) is 5.75 Å². The highest BCUT2D eigenvalue weighted by molar-refractivity contribution is 8.00. The summed E-state index contributed by atoms with van der Waals surface area (Å²) in [7, 11) is 0. The van der Waals surface area contributed by atoms with Crippen LogP contribution in [0.3, 0.4) is 0 Å². The van der Waals surface area contributed by atoms with Gasteiger partial charge in [-0.05, 0) is 49.1 Å². The Morgan fingerprint density at radius 1 is 1.33 bits per heavy atom. The van der Waals surface area contributed by atoms with Gasteiger partial charge in [-0.25, -0.2) is 0 Å². The van der Waals surface area contributed by atoms with Crippen LogP contribution in [0.4, 0.5) is 0 Å². The van der Waals surface area contributed by atoms with Crippen molar-refractivity contribution in [2.24, 2.45) is 5.73 Å². The first-order valence-corrected chi connectivity index (χ1v) is 6.67. The first-order chi connectivity index (χ1) is 7.18. The molecule has 1 aliphatic heterocycles. The first kappa shape index (κ1) is 11.0. The van der Waals surface area contributed by atoms with Crippen molar-refractivity contribution >= 4 is 11.8 Å². The largest absolute Gasteiger partial charge is 0.323 e. The van der Waals surface area contributed by atoms with E-state index in [1.807, 2.05) is 11.8 Å². The number of benzene rings is 1. The summed E-state index contributed by atoms with van der Waals surface area (Å²) in [6.45, 7) is 4.31. The Morgan fingerprint density at radius 3 is 2.73 bits per heavy atom. The summed E-state index contributed by atoms with van der Waals surface area (Å²) in [6, 6.07) is 6.84. The van der Waals surface area contributed by atoms with E-state index in [0.29, 0.717) is 5.25 Å². The van der Waals surface area contributed by atoms with Crippen molar-refractivity contribution < 1.29 is 0 Å². The highest BCUT2D eigenvalue weighted by atomic mass is 32.2. The minimum Gasteiger partial charge on any atom is -0.323 e. The molecule has 1 fully saturated rings. The summed E-state index contributed by atoms with van der Waals surface area (Å²) in [5.41, 5.74) is 10.3. The average molecular weight is 221 g/mol. The monoisotopic (exact) mass is 221 g/mol. The molecule has 15 heavy (non-hydrogen) atoms. The van der Waals surface area contributed by atoms with E-state index < -0.39 is 0 Å². The van der Waals surface area contributed by atoms with Crippen LogP contribution in [-0.4, -0.2) is 11.0 Å². The summed E-state index contributed by atoms with van der Waals surface area (Å²) in [5, 5.41) is 0.632. The van der Waals surface area contributed by atoms with Crippen LogP contribution in [0.5, 0.6) is 0 Å². The lowest BCUT2D eigenvalue weighted by Crippen LogP contribution is -2.21. The lowest BCUT2D eigenvalue weighted by Gasteiger charge is -2.19. The number of rotatable bonds is 2. The number of aryl methyl sites for hydroxylation is 2. The fourth-order valence-corrected chi connectivity index (χ4v) is 3.41. The van der Waals surface area contributed by atoms with E-state index in [2.05, 4.69) is 32.0 Å². The van der Waals surface area contributed by atoms with Gasteiger partial charge in [0.25, 0.3) is 0 Å². The summed E-state index contributed by atoms with van der Waals surface area (Å²) < 4.78 is 0. The molecule has 0 aromatic heterocycles. The zero-order chi connectivity index (χ0) is 10.8. The predicted molar refractivity (Wildman–Crippen MR) is 68.3 cm³/mol. The summed E-state index contributed by atoms with van der Waals surface area (Å²) in [4.78, 5) is 0. The van der Waals surface area contributed by atoms with Crippen LogP contribution in [0.1, 0.15) is 35.6 Å². The summed E-state index contributed by atoms with van der Waals surface area (Å²) in [5.74, 6) is 1.28. The summed E-state index contributed by atoms with van der Waals surface area (Å²) in [6.07, 6.45) is 2.60. The molecule has 1 aromatic rings. The average Bonchev–Trinajstić information content (AvgIpc) is 2.74. The smallest absolute Gasteiger partial charge is 0.0415 e. The Hall–Kier alpha value is -0.470. The van der Waals surface area contributed by atoms with Crippen LogP contribution in [0.25, 0.3) is 0 Å². The van der Waals surface area contributed by atoms with E-state index >= 15 is 0 Å². The molecule has 2 unspecified atom stereocenters. The molecule has 0 aliphatic carbocycles. The SMILES string of the molecule is Cc1ccc(C(N)C2CCCS2)cc1C. The Morgan fingerprint density at radius 2 is 2.13 bits per heavy atom. The first-order valence-electron chi connectivity index (χ1n) is 5.63. The number of nitrogens with two attached hydrogens (primary N) is 1. The Balaban J connectivity index is 2.17. The van der Waals surface area contributed by atoms with Gasteiger partial charge in [-0.3, -0.25) is 0 Å². The highest BCUT2D eigenvalue weighted by Crippen LogP contribution is 2.34. The van der Waals surface area contributed by atoms with Crippen molar-refractivity contribution in [1.82, 2.24) is 0 Å². The van der Waals surface area contributed by atoms with Crippen LogP contribution in [0.15, 0.2) is 18.2 Å². The van der Waals surface area contributed by atoms with Gasteiger partial charge >= 0.3 is 0 Å². The second-order valence-corrected chi connectivity index (χ2v) is 5.77. The molecule has 2 rings (SSSR count). The summed E-state index contributed by atoms with van der Waals surface area (Å²) >= 11 is 2.03. The molecular formula is C13H19NS. The zero-order valence-electron chi connectivity index (χ0n) is 9.49. The number of thioether (sulfide) groups is 1. The molecule has 0 spiro atoms. The molecule has 0 saturated carbocycles. The van der Waals surface area contributed by atoms with E-state index in [1.165, 1.54) is 35.3 Å². The third kappa shape index (κ3) is 2.37. The fourth-order valence-electron chi connectivity index (χ4n) is 2.07. The maximum absolute atomic E-state index is 6.30. The van der Waals surface area contributed by atoms with Crippen LogP contribution < -0.4 is 5.73 Å². The standard InChI is InChI=1S/C13H19NS/c1-9-5-6-11(8-10(9)2)13(14)12-4-3-7-15-12/h5-6,8,12-13H,3-4,7,14H2,1-2H3. The molecule has 1 nitrogen and oxygen atoms in total. The molecule has 1 heterocycles. The van der Waals surface area contributed by atoms with Crippen LogP contribution >= 0.6 is 11.8 Å². The molecule has 1 aromatic carbocycles. The molecule has 2 heteroatoms. The number of hydrogen-bond acceptors (Lipinski definition) is 2. The molecule has 0 amide bonds. The third-order valence-electron chi connectivity index (χ3n) is 3.28. The van der Waals surface area contributed by atoms with Gasteiger partial charge in [-0.1, -0.05) is 18.2 Å². The normalized spacial score (nSPS) is 23.0. The van der Waals surface area contributed by atoms with Gasteiger partial charge in [-0.2, -0.15) is 11.8 Å². The minimum absolute atomic E-state index is 0.219. The lowest BCUT2D eigenvalue weighted by atomic mass is 9.98. The van der Waals surface area contributed by atoms with Crippen molar-refractivity contribution in [3.63, 3.8) is 0 Å². The second kappa shape index (κ2) is 4.58. The van der Waals surface area contributed by atoms with Crippen LogP contribution in [-0.2, 0) is 0 Å². The van der Waals surface area contributed by atoms with Crippen LogP contribution in [0.2, 0.25) is 0 Å². The van der Waals surface area contributed by atoms with Gasteiger partial charge in [0.05, 0.1) is 0 Å². The Labute approximate surface area is 96.4 Å². The van der Waals surface area contributed by atoms with Crippen molar-refractivity contribution in [3.05, 3.63) is 34.9 Å². The maximum Gasteiger partial charge on any atom is 0.0415 e. The van der Waals surface area contributed by atoms with Gasteiger partial charge in [0.15, 0.2) is 0 Å². The fraction of sp³-hybridized carbons (Fsp3) is 0.538. The van der Waals surface area contributed by atoms with Crippen molar-refractivity contribution in [3.8, 4) is 0 Å². The molecule has 2 N–H and O–H groups in total. The van der Waals surface area contributed by atoms with Crippen molar-refractivity contribution in [1.29, 1.82) is 0 Å². The molecule has 0 radical (unpaired) electrons. The molecule has 1 aliphatic rings. The van der Waals surface area contributed by atoms with E-state index in [1.54, 1.807) is 0 Å². The zero-order valence-corrected chi connectivity index (χ0v) is 10.3. The minimum atomic E-state index is 0.219. The predicted octanol–water partition coefficient (Wildman–Crippen LogP) is 3.20. The molecule has 1 saturated heterocycles.